The predicted octanol–water partition coefficient (Wildman–Crippen LogP) is 3.32. The van der Waals surface area contributed by atoms with E-state index in [4.69, 9.17) is 16.3 Å². The summed E-state index contributed by atoms with van der Waals surface area (Å²) in [5, 5.41) is 4.60. The molecule has 0 saturated heterocycles. The Balaban J connectivity index is 2.56. The smallest absolute Gasteiger partial charge is 0.391 e. The number of nitrogens with zero attached hydrogens (tertiary/aromatic N) is 3. The quantitative estimate of drug-likeness (QED) is 0.614. The molecule has 2 rings (SSSR count). The zero-order chi connectivity index (χ0) is 17.9. The van der Waals surface area contributed by atoms with Gasteiger partial charge in [-0.05, 0) is 19.1 Å². The van der Waals surface area contributed by atoms with Crippen molar-refractivity contribution >= 4 is 23.5 Å². The summed E-state index contributed by atoms with van der Waals surface area (Å²) >= 11 is 6.12. The molecule has 0 radical (unpaired) electrons. The van der Waals surface area contributed by atoms with Crippen LogP contribution in [0.2, 0.25) is 5.02 Å². The number of carbonyl (C=O) groups is 2. The van der Waals surface area contributed by atoms with Gasteiger partial charge < -0.3 is 9.64 Å². The Morgan fingerprint density at radius 1 is 1.38 bits per heavy atom. The van der Waals surface area contributed by atoms with E-state index in [1.54, 1.807) is 51.4 Å². The van der Waals surface area contributed by atoms with Gasteiger partial charge in [0.15, 0.2) is 0 Å². The van der Waals surface area contributed by atoms with Crippen LogP contribution < -0.4 is 4.74 Å². The number of rotatable bonds is 5. The maximum atomic E-state index is 12.9. The number of halogens is 1. The molecule has 6 nitrogen and oxygen atoms in total. The molecule has 7 heteroatoms. The number of ketones is 1. The van der Waals surface area contributed by atoms with Crippen LogP contribution in [0.1, 0.15) is 21.6 Å². The van der Waals surface area contributed by atoms with Gasteiger partial charge in [0.2, 0.25) is 11.7 Å². The van der Waals surface area contributed by atoms with E-state index < -0.39 is 6.09 Å². The molecule has 1 amide bonds. The van der Waals surface area contributed by atoms with Gasteiger partial charge in [-0.2, -0.15) is 5.10 Å². The summed E-state index contributed by atoms with van der Waals surface area (Å²) < 4.78 is 6.79. The highest BCUT2D eigenvalue weighted by atomic mass is 35.5. The lowest BCUT2D eigenvalue weighted by atomic mass is 10.0. The summed E-state index contributed by atoms with van der Waals surface area (Å²) in [7, 11) is 3.11. The van der Waals surface area contributed by atoms with Crippen molar-refractivity contribution in [3.8, 4) is 5.88 Å². The fourth-order valence-corrected chi connectivity index (χ4v) is 2.35. The number of benzene rings is 1. The standard InChI is InChI=1S/C17H18ClN3O3/c1-5-10-21-16(24-17(23)20(3)4)14(11(2)19-21)15(22)12-8-6-7-9-13(12)18/h5-9H,1,10H2,2-4H3. The number of hydrogen-bond acceptors (Lipinski definition) is 4. The lowest BCUT2D eigenvalue weighted by Crippen LogP contribution is -2.27. The van der Waals surface area contributed by atoms with Crippen LogP contribution in [0.4, 0.5) is 4.79 Å². The van der Waals surface area contributed by atoms with E-state index in [1.807, 2.05) is 0 Å². The molecule has 0 fully saturated rings. The Labute approximate surface area is 145 Å². The maximum Gasteiger partial charge on any atom is 0.416 e. The average molecular weight is 348 g/mol. The normalized spacial score (nSPS) is 10.3. The molecule has 0 aliphatic carbocycles. The molecular weight excluding hydrogens is 330 g/mol. The van der Waals surface area contributed by atoms with Crippen molar-refractivity contribution < 1.29 is 14.3 Å². The van der Waals surface area contributed by atoms with Crippen LogP contribution in [0.25, 0.3) is 0 Å². The van der Waals surface area contributed by atoms with Gasteiger partial charge in [-0.3, -0.25) is 4.79 Å². The van der Waals surface area contributed by atoms with Crippen LogP contribution in [-0.4, -0.2) is 40.7 Å². The first-order valence-electron chi connectivity index (χ1n) is 7.23. The summed E-state index contributed by atoms with van der Waals surface area (Å²) in [6.45, 7) is 5.63. The number of ether oxygens (including phenoxy) is 1. The zero-order valence-corrected chi connectivity index (χ0v) is 14.5. The van der Waals surface area contributed by atoms with Gasteiger partial charge in [-0.25, -0.2) is 9.48 Å². The summed E-state index contributed by atoms with van der Waals surface area (Å²) in [6, 6.07) is 6.70. The van der Waals surface area contributed by atoms with Gasteiger partial charge in [-0.1, -0.05) is 29.8 Å². The number of aryl methyl sites for hydroxylation is 1. The van der Waals surface area contributed by atoms with Crippen molar-refractivity contribution in [3.05, 3.63) is 58.8 Å². The van der Waals surface area contributed by atoms with E-state index in [-0.39, 0.29) is 17.2 Å². The third-order valence-electron chi connectivity index (χ3n) is 3.28. The summed E-state index contributed by atoms with van der Waals surface area (Å²) in [6.07, 6.45) is 0.997. The van der Waals surface area contributed by atoms with Gasteiger partial charge in [0.1, 0.15) is 5.56 Å². The minimum Gasteiger partial charge on any atom is -0.391 e. The zero-order valence-electron chi connectivity index (χ0n) is 13.7. The van der Waals surface area contributed by atoms with Gasteiger partial charge >= 0.3 is 6.09 Å². The number of amides is 1. The highest BCUT2D eigenvalue weighted by molar-refractivity contribution is 6.35. The van der Waals surface area contributed by atoms with Crippen molar-refractivity contribution in [2.45, 2.75) is 13.5 Å². The second-order valence-corrected chi connectivity index (χ2v) is 5.71. The molecule has 0 unspecified atom stereocenters. The summed E-state index contributed by atoms with van der Waals surface area (Å²) in [5.74, 6) is -0.272. The molecule has 0 spiro atoms. The monoisotopic (exact) mass is 347 g/mol. The SMILES string of the molecule is C=CCn1nc(C)c(C(=O)c2ccccc2Cl)c1OC(=O)N(C)C. The van der Waals surface area contributed by atoms with Crippen LogP contribution in [0.5, 0.6) is 5.88 Å². The maximum absolute atomic E-state index is 12.9. The van der Waals surface area contributed by atoms with Crippen molar-refractivity contribution in [3.63, 3.8) is 0 Å². The molecule has 2 aromatic rings. The Morgan fingerprint density at radius 3 is 2.62 bits per heavy atom. The Kier molecular flexibility index (Phi) is 5.41. The van der Waals surface area contributed by atoms with Crippen molar-refractivity contribution in [1.29, 1.82) is 0 Å². The number of hydrogen-bond donors (Lipinski definition) is 0. The molecule has 0 bridgehead atoms. The minimum atomic E-state index is -0.603. The lowest BCUT2D eigenvalue weighted by Gasteiger charge is -2.13. The molecule has 0 aliphatic rings. The van der Waals surface area contributed by atoms with Crippen LogP contribution in [0, 0.1) is 6.92 Å². The molecule has 0 atom stereocenters. The highest BCUT2D eigenvalue weighted by Crippen LogP contribution is 2.28. The third kappa shape index (κ3) is 3.49. The Morgan fingerprint density at radius 2 is 2.04 bits per heavy atom. The van der Waals surface area contributed by atoms with Crippen LogP contribution in [0.15, 0.2) is 36.9 Å². The fraction of sp³-hybridized carbons (Fsp3) is 0.235. The predicted molar refractivity (Wildman–Crippen MR) is 91.8 cm³/mol. The van der Waals surface area contributed by atoms with Crippen molar-refractivity contribution in [2.24, 2.45) is 0 Å². The van der Waals surface area contributed by atoms with Crippen molar-refractivity contribution in [1.82, 2.24) is 14.7 Å². The number of aromatic nitrogens is 2. The molecule has 1 aromatic heterocycles. The molecule has 1 heterocycles. The van der Waals surface area contributed by atoms with E-state index in [2.05, 4.69) is 11.7 Å². The molecule has 1 aromatic carbocycles. The van der Waals surface area contributed by atoms with Gasteiger partial charge in [0.05, 0.1) is 17.3 Å². The van der Waals surface area contributed by atoms with Crippen LogP contribution in [0.3, 0.4) is 0 Å². The van der Waals surface area contributed by atoms with Crippen LogP contribution in [-0.2, 0) is 6.54 Å². The Hall–Kier alpha value is -2.60. The largest absolute Gasteiger partial charge is 0.416 e. The van der Waals surface area contributed by atoms with E-state index >= 15 is 0 Å². The number of allylic oxidation sites excluding steroid dienone is 1. The molecule has 0 aliphatic heterocycles. The van der Waals surface area contributed by atoms with Gasteiger partial charge in [-0.15, -0.1) is 6.58 Å². The first kappa shape index (κ1) is 17.7. The van der Waals surface area contributed by atoms with Gasteiger partial charge in [0.25, 0.3) is 0 Å². The molecular formula is C17H18ClN3O3. The van der Waals surface area contributed by atoms with E-state index in [9.17, 15) is 9.59 Å². The van der Waals surface area contributed by atoms with E-state index in [0.717, 1.165) is 0 Å². The lowest BCUT2D eigenvalue weighted by molar-refractivity contribution is 0.103. The molecule has 0 N–H and O–H groups in total. The first-order valence-corrected chi connectivity index (χ1v) is 7.61. The third-order valence-corrected chi connectivity index (χ3v) is 3.61. The summed E-state index contributed by atoms with van der Waals surface area (Å²) in [4.78, 5) is 26.1. The number of carbonyl (C=O) groups excluding carboxylic acids is 2. The van der Waals surface area contributed by atoms with E-state index in [1.165, 1.54) is 9.58 Å². The average Bonchev–Trinajstić information content (AvgIpc) is 2.83. The first-order chi connectivity index (χ1) is 11.4. The summed E-state index contributed by atoms with van der Waals surface area (Å²) in [5.41, 5.74) is 0.978. The highest BCUT2D eigenvalue weighted by Gasteiger charge is 2.27. The van der Waals surface area contributed by atoms with Crippen molar-refractivity contribution in [2.75, 3.05) is 14.1 Å². The van der Waals surface area contributed by atoms with Crippen LogP contribution >= 0.6 is 11.6 Å². The molecule has 0 saturated carbocycles. The fourth-order valence-electron chi connectivity index (χ4n) is 2.13. The second-order valence-electron chi connectivity index (χ2n) is 5.31. The van der Waals surface area contributed by atoms with E-state index in [0.29, 0.717) is 22.8 Å². The van der Waals surface area contributed by atoms with Gasteiger partial charge in [0, 0.05) is 19.7 Å². The Bertz CT molecular complexity index is 796. The molecule has 126 valence electrons. The topological polar surface area (TPSA) is 64.4 Å². The minimum absolute atomic E-state index is 0.0796. The molecule has 24 heavy (non-hydrogen) atoms. The second kappa shape index (κ2) is 7.31.